The topological polar surface area (TPSA) is 79.0 Å². The third kappa shape index (κ3) is 6.57. The third-order valence-corrected chi connectivity index (χ3v) is 9.00. The fourth-order valence-electron chi connectivity index (χ4n) is 4.76. The van der Waals surface area contributed by atoms with Gasteiger partial charge in [0.2, 0.25) is 10.0 Å². The van der Waals surface area contributed by atoms with Crippen molar-refractivity contribution >= 4 is 15.8 Å². The molecule has 2 fully saturated rings. The van der Waals surface area contributed by atoms with Gasteiger partial charge >= 0.3 is 0 Å². The minimum Gasteiger partial charge on any atom is -0.379 e. The summed E-state index contributed by atoms with van der Waals surface area (Å²) in [6.45, 7) is 9.18. The normalized spacial score (nSPS) is 19.5. The van der Waals surface area contributed by atoms with Crippen LogP contribution in [0.1, 0.15) is 47.3 Å². The number of carbonyl (C=O) groups excluding carboxylic acids is 1. The van der Waals surface area contributed by atoms with Gasteiger partial charge < -0.3 is 10.1 Å². The zero-order valence-corrected chi connectivity index (χ0v) is 21.6. The molecule has 0 saturated carbocycles. The van der Waals surface area contributed by atoms with E-state index >= 15 is 0 Å². The Labute approximate surface area is 209 Å². The molecule has 2 saturated heterocycles. The number of piperidine rings is 1. The minimum atomic E-state index is -3.59. The number of morpholine rings is 1. The smallest absolute Gasteiger partial charge is 0.243 e. The van der Waals surface area contributed by atoms with E-state index < -0.39 is 10.0 Å². The summed E-state index contributed by atoms with van der Waals surface area (Å²) >= 11 is 0. The Morgan fingerprint density at radius 3 is 2.43 bits per heavy atom. The van der Waals surface area contributed by atoms with Gasteiger partial charge in [-0.1, -0.05) is 48.9 Å². The van der Waals surface area contributed by atoms with Gasteiger partial charge in [-0.15, -0.1) is 0 Å². The largest absolute Gasteiger partial charge is 0.379 e. The van der Waals surface area contributed by atoms with Gasteiger partial charge in [-0.05, 0) is 43.4 Å². The van der Waals surface area contributed by atoms with Crippen LogP contribution in [0, 0.1) is 12.8 Å². The van der Waals surface area contributed by atoms with Gasteiger partial charge in [0.15, 0.2) is 5.78 Å². The van der Waals surface area contributed by atoms with Crippen LogP contribution in [0.15, 0.2) is 53.4 Å². The predicted octanol–water partition coefficient (Wildman–Crippen LogP) is 3.26. The zero-order chi connectivity index (χ0) is 24.8. The molecule has 0 amide bonds. The Balaban J connectivity index is 1.40. The highest BCUT2D eigenvalue weighted by atomic mass is 32.2. The first-order chi connectivity index (χ1) is 16.8. The zero-order valence-electron chi connectivity index (χ0n) is 20.8. The van der Waals surface area contributed by atoms with Crippen molar-refractivity contribution in [3.05, 3.63) is 65.2 Å². The predicted molar refractivity (Wildman–Crippen MR) is 137 cm³/mol. The van der Waals surface area contributed by atoms with Crippen molar-refractivity contribution in [3.8, 4) is 0 Å². The second-order valence-corrected chi connectivity index (χ2v) is 11.7. The van der Waals surface area contributed by atoms with Crippen molar-refractivity contribution in [3.63, 3.8) is 0 Å². The van der Waals surface area contributed by atoms with Crippen LogP contribution in [0.2, 0.25) is 0 Å². The quantitative estimate of drug-likeness (QED) is 0.534. The number of Topliss-reactive ketones (excluding diaryl/α,β-unsaturated/α-hetero) is 1. The molecule has 2 heterocycles. The molecule has 0 spiro atoms. The molecule has 2 aromatic carbocycles. The van der Waals surface area contributed by atoms with Crippen LogP contribution in [0.25, 0.3) is 0 Å². The first-order valence-corrected chi connectivity index (χ1v) is 14.0. The van der Waals surface area contributed by atoms with E-state index in [0.29, 0.717) is 44.3 Å². The van der Waals surface area contributed by atoms with Crippen LogP contribution in [0.5, 0.6) is 0 Å². The van der Waals surface area contributed by atoms with Gasteiger partial charge in [0, 0.05) is 44.3 Å². The Morgan fingerprint density at radius 1 is 1.06 bits per heavy atom. The Kier molecular flexibility index (Phi) is 8.73. The van der Waals surface area contributed by atoms with E-state index in [-0.39, 0.29) is 23.3 Å². The van der Waals surface area contributed by atoms with E-state index in [1.165, 1.54) is 17.2 Å². The lowest BCUT2D eigenvalue weighted by Crippen LogP contribution is -2.43. The highest BCUT2D eigenvalue weighted by Gasteiger charge is 2.28. The lowest BCUT2D eigenvalue weighted by Gasteiger charge is -2.35. The van der Waals surface area contributed by atoms with E-state index in [4.69, 9.17) is 4.74 Å². The monoisotopic (exact) mass is 499 g/mol. The third-order valence-electron chi connectivity index (χ3n) is 7.11. The van der Waals surface area contributed by atoms with Crippen LogP contribution in [-0.4, -0.2) is 75.9 Å². The highest BCUT2D eigenvalue weighted by Crippen LogP contribution is 2.24. The number of nitrogens with one attached hydrogen (secondary N) is 1. The molecule has 1 unspecified atom stereocenters. The Hall–Kier alpha value is -2.10. The minimum absolute atomic E-state index is 0.112. The molecule has 35 heavy (non-hydrogen) atoms. The average molecular weight is 500 g/mol. The second kappa shape index (κ2) is 11.8. The van der Waals surface area contributed by atoms with Crippen LogP contribution in [0.4, 0.5) is 0 Å². The van der Waals surface area contributed by atoms with Crippen LogP contribution >= 0.6 is 0 Å². The molecule has 4 rings (SSSR count). The molecule has 1 N–H and O–H groups in total. The van der Waals surface area contributed by atoms with Crippen molar-refractivity contribution < 1.29 is 17.9 Å². The molecular formula is C27H37N3O4S. The standard InChI is InChI=1S/C27H37N3O4S/c1-21-6-8-23(9-7-21)26(29-14-16-34-17-15-29)19-28-20-27(31)24-4-3-5-25(18-24)35(32,33)30-12-10-22(2)11-13-30/h3-9,18,22,26,28H,10-17,19-20H2,1-2H3. The van der Waals surface area contributed by atoms with E-state index in [9.17, 15) is 13.2 Å². The number of carbonyl (C=O) groups is 1. The molecule has 0 radical (unpaired) electrons. The number of nitrogens with zero attached hydrogens (tertiary/aromatic N) is 2. The molecule has 2 aliphatic rings. The molecule has 0 aliphatic carbocycles. The summed E-state index contributed by atoms with van der Waals surface area (Å²) in [4.78, 5) is 15.6. The van der Waals surface area contributed by atoms with Crippen molar-refractivity contribution in [1.82, 2.24) is 14.5 Å². The summed E-state index contributed by atoms with van der Waals surface area (Å²) in [5.41, 5.74) is 2.84. The van der Waals surface area contributed by atoms with Crippen LogP contribution in [-0.2, 0) is 14.8 Å². The number of rotatable bonds is 9. The summed E-state index contributed by atoms with van der Waals surface area (Å²) in [7, 11) is -3.59. The molecule has 8 heteroatoms. The summed E-state index contributed by atoms with van der Waals surface area (Å²) in [6.07, 6.45) is 1.74. The fourth-order valence-corrected chi connectivity index (χ4v) is 6.28. The SMILES string of the molecule is Cc1ccc(C(CNCC(=O)c2cccc(S(=O)(=O)N3CCC(C)CC3)c2)N2CCOCC2)cc1. The summed E-state index contributed by atoms with van der Waals surface area (Å²) < 4.78 is 33.3. The maximum atomic E-state index is 13.1. The lowest BCUT2D eigenvalue weighted by atomic mass is 10.0. The number of ether oxygens (including phenoxy) is 1. The molecular weight excluding hydrogens is 462 g/mol. The molecule has 0 bridgehead atoms. The lowest BCUT2D eigenvalue weighted by molar-refractivity contribution is 0.0162. The second-order valence-electron chi connectivity index (χ2n) is 9.74. The van der Waals surface area contributed by atoms with Crippen molar-refractivity contribution in [2.75, 3.05) is 52.5 Å². The molecule has 190 valence electrons. The maximum absolute atomic E-state index is 13.1. The average Bonchev–Trinajstić information content (AvgIpc) is 2.88. The molecule has 2 aromatic rings. The van der Waals surface area contributed by atoms with Gasteiger partial charge in [0.1, 0.15) is 0 Å². The van der Waals surface area contributed by atoms with Crippen molar-refractivity contribution in [2.24, 2.45) is 5.92 Å². The molecule has 7 nitrogen and oxygen atoms in total. The maximum Gasteiger partial charge on any atom is 0.243 e. The number of hydrogen-bond acceptors (Lipinski definition) is 6. The van der Waals surface area contributed by atoms with Crippen molar-refractivity contribution in [1.29, 1.82) is 0 Å². The van der Waals surface area contributed by atoms with Crippen LogP contribution in [0.3, 0.4) is 0 Å². The molecule has 2 aliphatic heterocycles. The van der Waals surface area contributed by atoms with E-state index in [2.05, 4.69) is 48.3 Å². The summed E-state index contributed by atoms with van der Waals surface area (Å²) in [6, 6.07) is 15.1. The number of ketones is 1. The van der Waals surface area contributed by atoms with Gasteiger partial charge in [-0.25, -0.2) is 8.42 Å². The van der Waals surface area contributed by atoms with Crippen LogP contribution < -0.4 is 5.32 Å². The van der Waals surface area contributed by atoms with E-state index in [1.807, 2.05) is 0 Å². The first-order valence-electron chi connectivity index (χ1n) is 12.6. The Bertz CT molecular complexity index is 1090. The fraction of sp³-hybridized carbons (Fsp3) is 0.519. The number of sulfonamides is 1. The number of aryl methyl sites for hydroxylation is 1. The highest BCUT2D eigenvalue weighted by molar-refractivity contribution is 7.89. The summed E-state index contributed by atoms with van der Waals surface area (Å²) in [5.74, 6) is 0.431. The van der Waals surface area contributed by atoms with E-state index in [0.717, 1.165) is 25.9 Å². The van der Waals surface area contributed by atoms with E-state index in [1.54, 1.807) is 22.5 Å². The van der Waals surface area contributed by atoms with Gasteiger partial charge in [-0.2, -0.15) is 4.31 Å². The number of benzene rings is 2. The molecule has 1 atom stereocenters. The first kappa shape index (κ1) is 26.0. The van der Waals surface area contributed by atoms with Gasteiger partial charge in [-0.3, -0.25) is 9.69 Å². The van der Waals surface area contributed by atoms with Gasteiger partial charge in [0.05, 0.1) is 24.7 Å². The van der Waals surface area contributed by atoms with Crippen molar-refractivity contribution in [2.45, 2.75) is 37.6 Å². The number of hydrogen-bond donors (Lipinski definition) is 1. The summed E-state index contributed by atoms with van der Waals surface area (Å²) in [5, 5.41) is 3.33. The van der Waals surface area contributed by atoms with Gasteiger partial charge in [0.25, 0.3) is 0 Å². The Morgan fingerprint density at radius 2 is 1.74 bits per heavy atom. The molecule has 0 aromatic heterocycles.